The van der Waals surface area contributed by atoms with Crippen LogP contribution in [0.1, 0.15) is 15.9 Å². The summed E-state index contributed by atoms with van der Waals surface area (Å²) in [5.74, 6) is -0.985. The molecule has 0 bridgehead atoms. The second-order valence-electron chi connectivity index (χ2n) is 3.36. The third-order valence-electron chi connectivity index (χ3n) is 2.27. The molecule has 0 aliphatic rings. The SMILES string of the molecule is Nc1ncccc1C(=O)c1c(F)cccc1Br. The van der Waals surface area contributed by atoms with Crippen LogP contribution in [0, 0.1) is 5.82 Å². The number of anilines is 1. The highest BCUT2D eigenvalue weighted by atomic mass is 79.9. The van der Waals surface area contributed by atoms with Crippen molar-refractivity contribution >= 4 is 27.5 Å². The van der Waals surface area contributed by atoms with Crippen LogP contribution in [0.3, 0.4) is 0 Å². The minimum absolute atomic E-state index is 0.0350. The van der Waals surface area contributed by atoms with E-state index in [0.29, 0.717) is 4.47 Å². The molecule has 0 saturated heterocycles. The van der Waals surface area contributed by atoms with E-state index in [2.05, 4.69) is 20.9 Å². The van der Waals surface area contributed by atoms with E-state index in [4.69, 9.17) is 5.73 Å². The summed E-state index contributed by atoms with van der Waals surface area (Å²) in [7, 11) is 0. The van der Waals surface area contributed by atoms with Crippen LogP contribution in [0.5, 0.6) is 0 Å². The van der Waals surface area contributed by atoms with Crippen molar-refractivity contribution in [3.05, 3.63) is 57.9 Å². The summed E-state index contributed by atoms with van der Waals surface area (Å²) < 4.78 is 14.0. The second-order valence-corrected chi connectivity index (χ2v) is 4.22. The Morgan fingerprint density at radius 1 is 1.29 bits per heavy atom. The topological polar surface area (TPSA) is 56.0 Å². The van der Waals surface area contributed by atoms with Gasteiger partial charge in [0.1, 0.15) is 11.6 Å². The lowest BCUT2D eigenvalue weighted by Crippen LogP contribution is -2.09. The molecule has 0 saturated carbocycles. The molecule has 86 valence electrons. The maximum atomic E-state index is 13.6. The minimum atomic E-state index is -0.590. The van der Waals surface area contributed by atoms with Crippen molar-refractivity contribution in [3.63, 3.8) is 0 Å². The zero-order chi connectivity index (χ0) is 12.4. The molecule has 0 amide bonds. The Morgan fingerprint density at radius 2 is 2.06 bits per heavy atom. The van der Waals surface area contributed by atoms with E-state index in [9.17, 15) is 9.18 Å². The van der Waals surface area contributed by atoms with Crippen LogP contribution in [0.4, 0.5) is 10.2 Å². The number of nitrogens with two attached hydrogens (primary N) is 1. The van der Waals surface area contributed by atoms with E-state index < -0.39 is 11.6 Å². The van der Waals surface area contributed by atoms with Gasteiger partial charge in [-0.1, -0.05) is 6.07 Å². The zero-order valence-corrected chi connectivity index (χ0v) is 10.2. The summed E-state index contributed by atoms with van der Waals surface area (Å²) in [6, 6.07) is 7.44. The van der Waals surface area contributed by atoms with Gasteiger partial charge >= 0.3 is 0 Å². The van der Waals surface area contributed by atoms with E-state index >= 15 is 0 Å². The molecule has 0 spiro atoms. The number of aromatic nitrogens is 1. The molecular formula is C12H8BrFN2O. The highest BCUT2D eigenvalue weighted by molar-refractivity contribution is 9.10. The summed E-state index contributed by atoms with van der Waals surface area (Å²) in [6.07, 6.45) is 1.47. The summed E-state index contributed by atoms with van der Waals surface area (Å²) in [5.41, 5.74) is 5.75. The van der Waals surface area contributed by atoms with Crippen molar-refractivity contribution in [1.82, 2.24) is 4.98 Å². The first-order chi connectivity index (χ1) is 8.11. The molecule has 0 radical (unpaired) electrons. The first kappa shape index (κ1) is 11.7. The number of pyridine rings is 1. The molecule has 0 unspecified atom stereocenters. The van der Waals surface area contributed by atoms with Crippen LogP contribution in [0.25, 0.3) is 0 Å². The molecule has 2 aromatic rings. The number of carbonyl (C=O) groups is 1. The molecule has 5 heteroatoms. The van der Waals surface area contributed by atoms with Crippen LogP contribution in [0.15, 0.2) is 41.0 Å². The van der Waals surface area contributed by atoms with Gasteiger partial charge in [0.25, 0.3) is 0 Å². The number of rotatable bonds is 2. The fourth-order valence-corrected chi connectivity index (χ4v) is 1.98. The van der Waals surface area contributed by atoms with Crippen LogP contribution in [-0.2, 0) is 0 Å². The summed E-state index contributed by atoms with van der Waals surface area (Å²) in [6.45, 7) is 0. The largest absolute Gasteiger partial charge is 0.383 e. The average molecular weight is 295 g/mol. The average Bonchev–Trinajstić information content (AvgIpc) is 2.29. The molecule has 1 aromatic carbocycles. The molecule has 3 nitrogen and oxygen atoms in total. The highest BCUT2D eigenvalue weighted by Gasteiger charge is 2.19. The maximum Gasteiger partial charge on any atom is 0.200 e. The van der Waals surface area contributed by atoms with Crippen molar-refractivity contribution in [2.45, 2.75) is 0 Å². The van der Waals surface area contributed by atoms with E-state index in [1.807, 2.05) is 0 Å². The van der Waals surface area contributed by atoms with Crippen LogP contribution >= 0.6 is 15.9 Å². The Balaban J connectivity index is 2.56. The Bertz CT molecular complexity index is 566. The van der Waals surface area contributed by atoms with E-state index in [1.165, 1.54) is 24.4 Å². The van der Waals surface area contributed by atoms with E-state index in [-0.39, 0.29) is 16.9 Å². The van der Waals surface area contributed by atoms with Crippen molar-refractivity contribution in [3.8, 4) is 0 Å². The number of halogens is 2. The molecule has 0 aliphatic carbocycles. The van der Waals surface area contributed by atoms with Gasteiger partial charge in [-0.3, -0.25) is 4.79 Å². The third-order valence-corrected chi connectivity index (χ3v) is 2.93. The van der Waals surface area contributed by atoms with Gasteiger partial charge in [-0.15, -0.1) is 0 Å². The zero-order valence-electron chi connectivity index (χ0n) is 8.65. The monoisotopic (exact) mass is 294 g/mol. The fraction of sp³-hybridized carbons (Fsp3) is 0. The molecule has 1 aromatic heterocycles. The number of hydrogen-bond donors (Lipinski definition) is 1. The predicted octanol–water partition coefficient (Wildman–Crippen LogP) is 2.80. The number of nitrogens with zero attached hydrogens (tertiary/aromatic N) is 1. The van der Waals surface area contributed by atoms with Gasteiger partial charge in [-0.05, 0) is 40.2 Å². The first-order valence-electron chi connectivity index (χ1n) is 4.80. The van der Waals surface area contributed by atoms with Crippen molar-refractivity contribution in [2.24, 2.45) is 0 Å². The lowest BCUT2D eigenvalue weighted by Gasteiger charge is -2.06. The predicted molar refractivity (Wildman–Crippen MR) is 66.2 cm³/mol. The summed E-state index contributed by atoms with van der Waals surface area (Å²) in [4.78, 5) is 15.9. The van der Waals surface area contributed by atoms with Crippen LogP contribution in [0.2, 0.25) is 0 Å². The van der Waals surface area contributed by atoms with Gasteiger partial charge in [-0.2, -0.15) is 0 Å². The highest BCUT2D eigenvalue weighted by Crippen LogP contribution is 2.24. The quantitative estimate of drug-likeness (QED) is 0.867. The lowest BCUT2D eigenvalue weighted by molar-refractivity contribution is 0.103. The number of ketones is 1. The molecule has 17 heavy (non-hydrogen) atoms. The Morgan fingerprint density at radius 3 is 2.71 bits per heavy atom. The number of nitrogen functional groups attached to an aromatic ring is 1. The summed E-state index contributed by atoms with van der Waals surface area (Å²) in [5, 5.41) is 0. The molecule has 2 N–H and O–H groups in total. The standard InChI is InChI=1S/C12H8BrFN2O/c13-8-4-1-5-9(14)10(8)11(17)7-3-2-6-16-12(7)15/h1-6H,(H2,15,16). The number of carbonyl (C=O) groups excluding carboxylic acids is 1. The number of hydrogen-bond acceptors (Lipinski definition) is 3. The van der Waals surface area contributed by atoms with Gasteiger partial charge in [-0.25, -0.2) is 9.37 Å². The van der Waals surface area contributed by atoms with Gasteiger partial charge in [0.2, 0.25) is 5.78 Å². The van der Waals surface area contributed by atoms with Gasteiger partial charge < -0.3 is 5.73 Å². The van der Waals surface area contributed by atoms with Crippen molar-refractivity contribution in [1.29, 1.82) is 0 Å². The Hall–Kier alpha value is -1.75. The number of benzene rings is 1. The maximum absolute atomic E-state index is 13.6. The molecule has 1 heterocycles. The Labute approximate surface area is 106 Å². The molecular weight excluding hydrogens is 287 g/mol. The first-order valence-corrected chi connectivity index (χ1v) is 5.59. The lowest BCUT2D eigenvalue weighted by atomic mass is 10.0. The molecule has 0 atom stereocenters. The van der Waals surface area contributed by atoms with Gasteiger partial charge in [0.05, 0.1) is 11.1 Å². The van der Waals surface area contributed by atoms with Gasteiger partial charge in [0.15, 0.2) is 0 Å². The molecule has 2 rings (SSSR count). The molecule has 0 fully saturated rings. The smallest absolute Gasteiger partial charge is 0.200 e. The van der Waals surface area contributed by atoms with Crippen LogP contribution in [-0.4, -0.2) is 10.8 Å². The third kappa shape index (κ3) is 2.19. The minimum Gasteiger partial charge on any atom is -0.383 e. The summed E-state index contributed by atoms with van der Waals surface area (Å²) >= 11 is 3.15. The van der Waals surface area contributed by atoms with E-state index in [0.717, 1.165) is 0 Å². The van der Waals surface area contributed by atoms with Crippen molar-refractivity contribution in [2.75, 3.05) is 5.73 Å². The van der Waals surface area contributed by atoms with Gasteiger partial charge in [0, 0.05) is 10.7 Å². The second kappa shape index (κ2) is 4.63. The van der Waals surface area contributed by atoms with E-state index in [1.54, 1.807) is 12.1 Å². The van der Waals surface area contributed by atoms with Crippen molar-refractivity contribution < 1.29 is 9.18 Å². The fourth-order valence-electron chi connectivity index (χ4n) is 1.46. The normalized spacial score (nSPS) is 10.2. The Kier molecular flexibility index (Phi) is 3.19. The van der Waals surface area contributed by atoms with Crippen LogP contribution < -0.4 is 5.73 Å². The molecule has 0 aliphatic heterocycles.